The average Bonchev–Trinajstić information content (AvgIpc) is 3.53. The normalized spacial score (nSPS) is 18.9. The van der Waals surface area contributed by atoms with Crippen LogP contribution in [0.3, 0.4) is 0 Å². The van der Waals surface area contributed by atoms with E-state index in [0.717, 1.165) is 40.7 Å². The van der Waals surface area contributed by atoms with Crippen LogP contribution < -0.4 is 4.90 Å². The molecule has 1 aliphatic carbocycles. The summed E-state index contributed by atoms with van der Waals surface area (Å²) in [5.41, 5.74) is 3.08. The van der Waals surface area contributed by atoms with Crippen molar-refractivity contribution in [2.45, 2.75) is 51.1 Å². The largest absolute Gasteiger partial charge is 0.361 e. The van der Waals surface area contributed by atoms with Gasteiger partial charge in [0.1, 0.15) is 12.0 Å². The fourth-order valence-corrected chi connectivity index (χ4v) is 5.05. The van der Waals surface area contributed by atoms with Crippen LogP contribution in [0.5, 0.6) is 0 Å². The van der Waals surface area contributed by atoms with Crippen molar-refractivity contribution < 1.29 is 0 Å². The van der Waals surface area contributed by atoms with Crippen molar-refractivity contribution in [3.05, 3.63) is 48.8 Å². The summed E-state index contributed by atoms with van der Waals surface area (Å²) in [6.45, 7) is 2.22. The number of rotatable bonds is 3. The average molecular weight is 385 g/mol. The van der Waals surface area contributed by atoms with Gasteiger partial charge < -0.3 is 9.88 Å². The molecule has 7 heteroatoms. The van der Waals surface area contributed by atoms with Crippen LogP contribution in [0.4, 0.5) is 5.82 Å². The SMILES string of the molecule is CC[C@@H]1c2nncn2-c2cnc(-c3cccc4cc[nH]c34)nc2N1C1CCCC1. The first-order valence-electron chi connectivity index (χ1n) is 10.5. The van der Waals surface area contributed by atoms with Crippen molar-refractivity contribution in [3.63, 3.8) is 0 Å². The molecule has 1 aromatic carbocycles. The summed E-state index contributed by atoms with van der Waals surface area (Å²) in [4.78, 5) is 15.7. The standard InChI is InChI=1S/C22H23N7/c1-2-17-22-27-25-13-28(22)18-12-24-20(16-9-5-6-14-10-11-23-19(14)16)26-21(18)29(17)15-7-3-4-8-15/h5-6,9-13,15,17,23H,2-4,7-8H2,1H3/t17-/m1/s1. The third-order valence-electron chi connectivity index (χ3n) is 6.40. The van der Waals surface area contributed by atoms with Gasteiger partial charge in [0.05, 0.1) is 17.8 Å². The minimum absolute atomic E-state index is 0.192. The maximum Gasteiger partial charge on any atom is 0.163 e. The first kappa shape index (κ1) is 16.7. The zero-order valence-corrected chi connectivity index (χ0v) is 16.4. The van der Waals surface area contributed by atoms with Crippen LogP contribution in [0.15, 0.2) is 43.0 Å². The molecule has 0 unspecified atom stereocenters. The fourth-order valence-electron chi connectivity index (χ4n) is 5.05. The molecule has 0 bridgehead atoms. The number of H-pyrrole nitrogens is 1. The van der Waals surface area contributed by atoms with Gasteiger partial charge in [0.2, 0.25) is 0 Å². The molecule has 4 aromatic rings. The summed E-state index contributed by atoms with van der Waals surface area (Å²) in [6, 6.07) is 9.03. The Morgan fingerprint density at radius 3 is 2.93 bits per heavy atom. The van der Waals surface area contributed by atoms with Crippen molar-refractivity contribution in [2.75, 3.05) is 4.90 Å². The second-order valence-corrected chi connectivity index (χ2v) is 7.98. The molecule has 2 aliphatic rings. The van der Waals surface area contributed by atoms with Gasteiger partial charge in [-0.25, -0.2) is 9.97 Å². The summed E-state index contributed by atoms with van der Waals surface area (Å²) < 4.78 is 2.06. The molecule has 4 heterocycles. The number of fused-ring (bicyclic) bond motifs is 4. The van der Waals surface area contributed by atoms with E-state index in [0.29, 0.717) is 6.04 Å². The van der Waals surface area contributed by atoms with Crippen molar-refractivity contribution in [2.24, 2.45) is 0 Å². The molecule has 0 spiro atoms. The number of para-hydroxylation sites is 1. The van der Waals surface area contributed by atoms with Crippen LogP contribution in [0.1, 0.15) is 50.9 Å². The molecule has 1 fully saturated rings. The molecule has 146 valence electrons. The highest BCUT2D eigenvalue weighted by molar-refractivity contribution is 5.92. The van der Waals surface area contributed by atoms with Gasteiger partial charge in [-0.2, -0.15) is 0 Å². The number of nitrogens with one attached hydrogen (secondary N) is 1. The number of aromatic amines is 1. The van der Waals surface area contributed by atoms with Crippen LogP contribution in [0.2, 0.25) is 0 Å². The Kier molecular flexibility index (Phi) is 3.69. The van der Waals surface area contributed by atoms with Gasteiger partial charge in [0.25, 0.3) is 0 Å². The number of benzene rings is 1. The highest BCUT2D eigenvalue weighted by Crippen LogP contribution is 2.43. The van der Waals surface area contributed by atoms with Crippen LogP contribution >= 0.6 is 0 Å². The molecule has 0 amide bonds. The molecule has 1 N–H and O–H groups in total. The number of aromatic nitrogens is 6. The third kappa shape index (κ3) is 2.43. The van der Waals surface area contributed by atoms with E-state index in [9.17, 15) is 0 Å². The lowest BCUT2D eigenvalue weighted by Gasteiger charge is -2.40. The lowest BCUT2D eigenvalue weighted by atomic mass is 10.0. The van der Waals surface area contributed by atoms with Gasteiger partial charge in [-0.1, -0.05) is 31.9 Å². The van der Waals surface area contributed by atoms with Crippen LogP contribution in [0.25, 0.3) is 28.0 Å². The Labute approximate surface area is 168 Å². The van der Waals surface area contributed by atoms with Crippen LogP contribution in [-0.2, 0) is 0 Å². The van der Waals surface area contributed by atoms with E-state index in [4.69, 9.17) is 9.97 Å². The quantitative estimate of drug-likeness (QED) is 0.565. The Bertz CT molecular complexity index is 1180. The van der Waals surface area contributed by atoms with E-state index in [1.165, 1.54) is 31.1 Å². The van der Waals surface area contributed by atoms with Crippen molar-refractivity contribution >= 4 is 16.7 Å². The van der Waals surface area contributed by atoms with Gasteiger partial charge >= 0.3 is 0 Å². The number of nitrogens with zero attached hydrogens (tertiary/aromatic N) is 6. The lowest BCUT2D eigenvalue weighted by molar-refractivity contribution is 0.469. The monoisotopic (exact) mass is 385 g/mol. The summed E-state index contributed by atoms with van der Waals surface area (Å²) in [5, 5.41) is 9.83. The van der Waals surface area contributed by atoms with E-state index < -0.39 is 0 Å². The van der Waals surface area contributed by atoms with Crippen molar-refractivity contribution in [1.29, 1.82) is 0 Å². The summed E-state index contributed by atoms with van der Waals surface area (Å²) in [7, 11) is 0. The van der Waals surface area contributed by atoms with Crippen molar-refractivity contribution in [1.82, 2.24) is 29.7 Å². The molecular formula is C22H23N7. The molecule has 0 radical (unpaired) electrons. The van der Waals surface area contributed by atoms with E-state index >= 15 is 0 Å². The van der Waals surface area contributed by atoms with Gasteiger partial charge in [0, 0.05) is 23.2 Å². The Balaban J connectivity index is 1.57. The molecule has 1 aliphatic heterocycles. The lowest BCUT2D eigenvalue weighted by Crippen LogP contribution is -2.42. The predicted octanol–water partition coefficient (Wildman–Crippen LogP) is 4.42. The van der Waals surface area contributed by atoms with Gasteiger partial charge in [-0.15, -0.1) is 10.2 Å². The number of hydrogen-bond donors (Lipinski definition) is 1. The van der Waals surface area contributed by atoms with E-state index in [-0.39, 0.29) is 6.04 Å². The molecule has 1 atom stereocenters. The summed E-state index contributed by atoms with van der Waals surface area (Å²) in [6.07, 6.45) is 11.6. The van der Waals surface area contributed by atoms with E-state index in [1.807, 2.05) is 12.4 Å². The third-order valence-corrected chi connectivity index (χ3v) is 6.40. The maximum absolute atomic E-state index is 5.13. The molecule has 7 nitrogen and oxygen atoms in total. The second-order valence-electron chi connectivity index (χ2n) is 7.98. The molecule has 0 saturated heterocycles. The molecular weight excluding hydrogens is 362 g/mol. The summed E-state index contributed by atoms with van der Waals surface area (Å²) in [5.74, 6) is 2.76. The van der Waals surface area contributed by atoms with Gasteiger partial charge in [0.15, 0.2) is 17.5 Å². The maximum atomic E-state index is 5.13. The first-order valence-corrected chi connectivity index (χ1v) is 10.5. The van der Waals surface area contributed by atoms with Gasteiger partial charge in [-0.05, 0) is 31.4 Å². The molecule has 3 aromatic heterocycles. The Hall–Kier alpha value is -3.22. The topological polar surface area (TPSA) is 75.5 Å². The molecule has 6 rings (SSSR count). The second kappa shape index (κ2) is 6.40. The number of anilines is 1. The van der Waals surface area contributed by atoms with Gasteiger partial charge in [-0.3, -0.25) is 4.57 Å². The van der Waals surface area contributed by atoms with Crippen molar-refractivity contribution in [3.8, 4) is 17.1 Å². The van der Waals surface area contributed by atoms with Crippen LogP contribution in [-0.4, -0.2) is 35.8 Å². The fraction of sp³-hybridized carbons (Fsp3) is 0.364. The first-order chi connectivity index (χ1) is 14.3. The van der Waals surface area contributed by atoms with E-state index in [1.54, 1.807) is 6.33 Å². The van der Waals surface area contributed by atoms with Crippen LogP contribution in [0, 0.1) is 0 Å². The zero-order valence-electron chi connectivity index (χ0n) is 16.4. The minimum Gasteiger partial charge on any atom is -0.361 e. The molecule has 29 heavy (non-hydrogen) atoms. The zero-order chi connectivity index (χ0) is 19.4. The number of hydrogen-bond acceptors (Lipinski definition) is 5. The smallest absolute Gasteiger partial charge is 0.163 e. The highest BCUT2D eigenvalue weighted by atomic mass is 15.4. The highest BCUT2D eigenvalue weighted by Gasteiger charge is 2.38. The Morgan fingerprint density at radius 1 is 1.17 bits per heavy atom. The summed E-state index contributed by atoms with van der Waals surface area (Å²) >= 11 is 0. The molecule has 1 saturated carbocycles. The predicted molar refractivity (Wildman–Crippen MR) is 112 cm³/mol. The minimum atomic E-state index is 0.192. The Morgan fingerprint density at radius 2 is 2.07 bits per heavy atom. The van der Waals surface area contributed by atoms with E-state index in [2.05, 4.69) is 55.8 Å².